The van der Waals surface area contributed by atoms with Crippen molar-refractivity contribution in [3.8, 4) is 23.1 Å². The van der Waals surface area contributed by atoms with Gasteiger partial charge in [0.25, 0.3) is 5.91 Å². The minimum Gasteiger partial charge on any atom is -0.382 e. The van der Waals surface area contributed by atoms with Crippen molar-refractivity contribution in [3.63, 3.8) is 0 Å². The molecule has 3 heterocycles. The number of fused-ring (bicyclic) bond motifs is 1. The molecule has 0 radical (unpaired) electrons. The van der Waals surface area contributed by atoms with Gasteiger partial charge >= 0.3 is 0 Å². The Balaban J connectivity index is 1.69. The maximum atomic E-state index is 12.3. The molecule has 7 heteroatoms. The number of likely N-dealkylation sites (N-methyl/N-ethyl adjacent to an activating group) is 1. The molecule has 3 aromatic rings. The van der Waals surface area contributed by atoms with Crippen LogP contribution in [-0.4, -0.2) is 49.6 Å². The Morgan fingerprint density at radius 3 is 2.93 bits per heavy atom. The number of nitrogen functional groups attached to an aromatic ring is 1. The van der Waals surface area contributed by atoms with Gasteiger partial charge in [-0.25, -0.2) is 15.0 Å². The smallest absolute Gasteiger partial charge is 0.267 e. The summed E-state index contributed by atoms with van der Waals surface area (Å²) >= 11 is 0. The molecule has 0 aliphatic carbocycles. The summed E-state index contributed by atoms with van der Waals surface area (Å²) < 4.78 is 7.54. The highest BCUT2D eigenvalue weighted by Crippen LogP contribution is 2.27. The van der Waals surface area contributed by atoms with E-state index in [0.717, 1.165) is 5.56 Å². The average Bonchev–Trinajstić information content (AvgIpc) is 2.89. The van der Waals surface area contributed by atoms with Crippen LogP contribution < -0.4 is 5.73 Å². The second-order valence-electron chi connectivity index (χ2n) is 6.93. The van der Waals surface area contributed by atoms with Crippen molar-refractivity contribution in [1.82, 2.24) is 19.9 Å². The van der Waals surface area contributed by atoms with E-state index in [9.17, 15) is 9.90 Å². The van der Waals surface area contributed by atoms with Crippen LogP contribution in [0.5, 0.6) is 0 Å². The highest BCUT2D eigenvalue weighted by atomic mass is 16.3. The van der Waals surface area contributed by atoms with Crippen LogP contribution in [0.1, 0.15) is 20.3 Å². The number of carbonyl (C=O) groups excluding carboxylic acids is 1. The Bertz CT molecular complexity index is 1200. The van der Waals surface area contributed by atoms with E-state index in [-0.39, 0.29) is 30.5 Å². The van der Waals surface area contributed by atoms with Crippen molar-refractivity contribution in [2.24, 2.45) is 0 Å². The molecule has 28 heavy (non-hydrogen) atoms. The first-order valence-electron chi connectivity index (χ1n) is 9.31. The summed E-state index contributed by atoms with van der Waals surface area (Å²) in [6.07, 6.45) is 0.125. The number of likely N-dealkylation sites (tertiary alicyclic amines) is 1. The Hall–Kier alpha value is -3.50. The van der Waals surface area contributed by atoms with Crippen LogP contribution in [-0.2, 0) is 4.79 Å². The van der Waals surface area contributed by atoms with Crippen LogP contribution in [0.4, 0.5) is 5.82 Å². The van der Waals surface area contributed by atoms with E-state index in [0.29, 0.717) is 22.3 Å². The van der Waals surface area contributed by atoms with Gasteiger partial charge in [-0.05, 0) is 31.2 Å². The first-order chi connectivity index (χ1) is 13.8. The molecule has 0 unspecified atom stereocenters. The Morgan fingerprint density at radius 1 is 1.36 bits per heavy atom. The highest BCUT2D eigenvalue weighted by molar-refractivity contribution is 5.91. The second kappa shape index (κ2) is 6.59. The van der Waals surface area contributed by atoms with Gasteiger partial charge in [0.1, 0.15) is 13.2 Å². The Kier molecular flexibility index (Phi) is 3.92. The molecule has 1 fully saturated rings. The van der Waals surface area contributed by atoms with E-state index in [2.05, 4.69) is 26.8 Å². The average molecular weight is 374 g/mol. The molecular weight excluding hydrogens is 354 g/mol. The fourth-order valence-electron chi connectivity index (χ4n) is 3.26. The van der Waals surface area contributed by atoms with Gasteiger partial charge in [-0.1, -0.05) is 24.0 Å². The van der Waals surface area contributed by atoms with Gasteiger partial charge in [-0.2, -0.15) is 0 Å². The third-order valence-electron chi connectivity index (χ3n) is 4.96. The molecule has 140 valence electrons. The van der Waals surface area contributed by atoms with E-state index in [1.165, 1.54) is 4.90 Å². The molecule has 2 atom stereocenters. The number of nitrogens with two attached hydrogens (primary N) is 1. The SMILES string of the molecule is [2H]c1nc(N)c2nc(-c3cccc(C#C[C@@]4(O)C[C@@H](C)N(C)C4=O)c3)ccc2n1. The van der Waals surface area contributed by atoms with Gasteiger partial charge in [-0.3, -0.25) is 4.79 Å². The number of rotatable bonds is 1. The minimum atomic E-state index is -1.66. The summed E-state index contributed by atoms with van der Waals surface area (Å²) in [5, 5.41) is 10.6. The van der Waals surface area contributed by atoms with Gasteiger partial charge in [0, 0.05) is 30.6 Å². The highest BCUT2D eigenvalue weighted by Gasteiger charge is 2.46. The molecular formula is C21H19N5O2. The van der Waals surface area contributed by atoms with Crippen molar-refractivity contribution >= 4 is 22.8 Å². The molecule has 1 saturated heterocycles. The third-order valence-corrected chi connectivity index (χ3v) is 4.96. The molecule has 1 aliphatic heterocycles. The number of benzene rings is 1. The summed E-state index contributed by atoms with van der Waals surface area (Å²) in [4.78, 5) is 26.1. The van der Waals surface area contributed by atoms with E-state index < -0.39 is 5.60 Å². The number of aromatic nitrogens is 3. The van der Waals surface area contributed by atoms with Crippen LogP contribution >= 0.6 is 0 Å². The summed E-state index contributed by atoms with van der Waals surface area (Å²) in [6.45, 7) is 1.88. The van der Waals surface area contributed by atoms with Crippen molar-refractivity contribution in [2.75, 3.05) is 12.8 Å². The second-order valence-corrected chi connectivity index (χ2v) is 6.93. The molecule has 0 saturated carbocycles. The Morgan fingerprint density at radius 2 is 2.18 bits per heavy atom. The largest absolute Gasteiger partial charge is 0.382 e. The monoisotopic (exact) mass is 374 g/mol. The number of hydrogen-bond acceptors (Lipinski definition) is 6. The number of hydrogen-bond donors (Lipinski definition) is 2. The lowest BCUT2D eigenvalue weighted by Crippen LogP contribution is -2.37. The number of pyridine rings is 1. The predicted octanol–water partition coefficient (Wildman–Crippen LogP) is 1.61. The normalized spacial score (nSPS) is 22.1. The van der Waals surface area contributed by atoms with E-state index >= 15 is 0 Å². The van der Waals surface area contributed by atoms with E-state index in [1.807, 2.05) is 25.1 Å². The van der Waals surface area contributed by atoms with Crippen LogP contribution in [0.15, 0.2) is 42.7 Å². The van der Waals surface area contributed by atoms with Gasteiger partial charge in [0.15, 0.2) is 5.82 Å². The van der Waals surface area contributed by atoms with Gasteiger partial charge in [0.05, 0.1) is 11.2 Å². The van der Waals surface area contributed by atoms with Gasteiger partial charge < -0.3 is 15.7 Å². The molecule has 3 N–H and O–H groups in total. The van der Waals surface area contributed by atoms with E-state index in [4.69, 9.17) is 7.10 Å². The zero-order valence-corrected chi connectivity index (χ0v) is 15.5. The van der Waals surface area contributed by atoms with Crippen LogP contribution in [0.25, 0.3) is 22.3 Å². The summed E-state index contributed by atoms with van der Waals surface area (Å²) in [6, 6.07) is 10.8. The predicted molar refractivity (Wildman–Crippen MR) is 106 cm³/mol. The summed E-state index contributed by atoms with van der Waals surface area (Å²) in [5.41, 5.74) is 7.25. The molecule has 0 spiro atoms. The first kappa shape index (κ1) is 16.7. The number of amides is 1. The van der Waals surface area contributed by atoms with Gasteiger partial charge in [-0.15, -0.1) is 0 Å². The third kappa shape index (κ3) is 3.04. The topological polar surface area (TPSA) is 105 Å². The molecule has 1 aliphatic rings. The number of nitrogens with zero attached hydrogens (tertiary/aromatic N) is 4. The number of anilines is 1. The maximum absolute atomic E-state index is 12.3. The van der Waals surface area contributed by atoms with Crippen molar-refractivity contribution in [1.29, 1.82) is 0 Å². The van der Waals surface area contributed by atoms with Crippen LogP contribution in [0.3, 0.4) is 0 Å². The number of aliphatic hydroxyl groups is 1. The molecule has 0 bridgehead atoms. The van der Waals surface area contributed by atoms with Crippen LogP contribution in [0, 0.1) is 11.8 Å². The zero-order chi connectivity index (χ0) is 20.8. The standard InChI is InChI=1S/C21H19N5O2/c1-13-11-21(28,20(27)26(13)2)9-8-14-4-3-5-15(10-14)16-6-7-17-18(25-16)19(22)24-12-23-17/h3-7,10,12-13,28H,11H2,1-2H3,(H2,22,23,24)/t13-,21-/m1/s1/i12D. The fraction of sp³-hybridized carbons (Fsp3) is 0.238. The first-order valence-corrected chi connectivity index (χ1v) is 8.81. The number of carbonyl (C=O) groups is 1. The fourth-order valence-corrected chi connectivity index (χ4v) is 3.26. The van der Waals surface area contributed by atoms with Crippen LogP contribution in [0.2, 0.25) is 0 Å². The minimum absolute atomic E-state index is 0.0631. The Labute approximate surface area is 163 Å². The van der Waals surface area contributed by atoms with Gasteiger partial charge in [0.2, 0.25) is 5.60 Å². The van der Waals surface area contributed by atoms with Crippen molar-refractivity contribution in [2.45, 2.75) is 25.0 Å². The lowest BCUT2D eigenvalue weighted by Gasteiger charge is -2.14. The maximum Gasteiger partial charge on any atom is 0.267 e. The molecule has 4 rings (SSSR count). The molecule has 1 amide bonds. The zero-order valence-electron chi connectivity index (χ0n) is 16.5. The molecule has 1 aromatic carbocycles. The lowest BCUT2D eigenvalue weighted by atomic mass is 10.00. The molecule has 2 aromatic heterocycles. The summed E-state index contributed by atoms with van der Waals surface area (Å²) in [7, 11) is 1.66. The molecule has 7 nitrogen and oxygen atoms in total. The van der Waals surface area contributed by atoms with E-state index in [1.54, 1.807) is 25.2 Å². The van der Waals surface area contributed by atoms with Crippen molar-refractivity contribution in [3.05, 3.63) is 48.3 Å². The quantitative estimate of drug-likeness (QED) is 0.627. The van der Waals surface area contributed by atoms with Crippen molar-refractivity contribution < 1.29 is 11.3 Å². The lowest BCUT2D eigenvalue weighted by molar-refractivity contribution is -0.138. The summed E-state index contributed by atoms with van der Waals surface area (Å²) in [5.74, 6) is 5.43.